The Morgan fingerprint density at radius 2 is 2.00 bits per heavy atom. The molecule has 0 spiro atoms. The molecule has 0 radical (unpaired) electrons. The molecule has 6 heteroatoms. The quantitative estimate of drug-likeness (QED) is 0.363. The summed E-state index contributed by atoms with van der Waals surface area (Å²) < 4.78 is 11.0. The molecular formula is C19H34N4O2. The molecule has 1 aromatic carbocycles. The van der Waals surface area contributed by atoms with Crippen LogP contribution in [0.3, 0.4) is 0 Å². The maximum atomic E-state index is 5.97. The number of para-hydroxylation sites is 1. The Labute approximate surface area is 152 Å². The second-order valence-electron chi connectivity index (χ2n) is 6.22. The Kier molecular flexibility index (Phi) is 10.7. The van der Waals surface area contributed by atoms with Crippen LogP contribution in [0.25, 0.3) is 0 Å². The summed E-state index contributed by atoms with van der Waals surface area (Å²) in [6.07, 6.45) is 1.10. The van der Waals surface area contributed by atoms with Gasteiger partial charge >= 0.3 is 0 Å². The molecule has 1 unspecified atom stereocenters. The van der Waals surface area contributed by atoms with Gasteiger partial charge in [0.05, 0.1) is 6.54 Å². The lowest BCUT2D eigenvalue weighted by Crippen LogP contribution is -2.44. The number of guanidine groups is 1. The van der Waals surface area contributed by atoms with Crippen LogP contribution in [0.5, 0.6) is 5.75 Å². The SMILES string of the molecule is CN=C(NCCN(C)CCCOC)NCC(C)Oc1ccccc1C. The van der Waals surface area contributed by atoms with E-state index in [1.54, 1.807) is 14.2 Å². The van der Waals surface area contributed by atoms with Gasteiger partial charge in [0.25, 0.3) is 0 Å². The van der Waals surface area contributed by atoms with E-state index in [1.807, 2.05) is 18.2 Å². The molecule has 0 aliphatic carbocycles. The van der Waals surface area contributed by atoms with Gasteiger partial charge in [-0.2, -0.15) is 0 Å². The Bertz CT molecular complexity index is 508. The molecule has 0 saturated carbocycles. The van der Waals surface area contributed by atoms with Crippen LogP contribution in [0.15, 0.2) is 29.3 Å². The number of rotatable bonds is 11. The van der Waals surface area contributed by atoms with E-state index in [2.05, 4.69) is 47.5 Å². The fourth-order valence-electron chi connectivity index (χ4n) is 2.36. The first-order valence-electron chi connectivity index (χ1n) is 8.91. The molecule has 1 aromatic rings. The molecule has 0 amide bonds. The van der Waals surface area contributed by atoms with Gasteiger partial charge in [0, 0.05) is 40.4 Å². The Balaban J connectivity index is 2.24. The lowest BCUT2D eigenvalue weighted by Gasteiger charge is -2.20. The first kappa shape index (κ1) is 21.3. The number of ether oxygens (including phenoxy) is 2. The molecule has 6 nitrogen and oxygen atoms in total. The zero-order chi connectivity index (χ0) is 18.5. The van der Waals surface area contributed by atoms with E-state index >= 15 is 0 Å². The minimum Gasteiger partial charge on any atom is -0.489 e. The van der Waals surface area contributed by atoms with Crippen molar-refractivity contribution in [3.8, 4) is 5.75 Å². The summed E-state index contributed by atoms with van der Waals surface area (Å²) in [5.41, 5.74) is 1.15. The number of aryl methyl sites for hydroxylation is 1. The molecule has 0 fully saturated rings. The van der Waals surface area contributed by atoms with Crippen LogP contribution < -0.4 is 15.4 Å². The smallest absolute Gasteiger partial charge is 0.191 e. The maximum absolute atomic E-state index is 5.97. The number of benzene rings is 1. The van der Waals surface area contributed by atoms with Gasteiger partial charge in [-0.25, -0.2) is 0 Å². The molecule has 1 rings (SSSR count). The monoisotopic (exact) mass is 350 g/mol. The number of aliphatic imine (C=N–C) groups is 1. The Morgan fingerprint density at radius 1 is 1.24 bits per heavy atom. The topological polar surface area (TPSA) is 58.1 Å². The lowest BCUT2D eigenvalue weighted by atomic mass is 10.2. The van der Waals surface area contributed by atoms with E-state index in [4.69, 9.17) is 9.47 Å². The summed E-state index contributed by atoms with van der Waals surface area (Å²) in [6.45, 7) is 8.44. The second-order valence-corrected chi connectivity index (χ2v) is 6.22. The van der Waals surface area contributed by atoms with Crippen molar-refractivity contribution in [3.63, 3.8) is 0 Å². The van der Waals surface area contributed by atoms with E-state index in [0.29, 0.717) is 6.54 Å². The fourth-order valence-corrected chi connectivity index (χ4v) is 2.36. The molecule has 2 N–H and O–H groups in total. The van der Waals surface area contributed by atoms with Crippen LogP contribution in [0.1, 0.15) is 18.9 Å². The number of nitrogens with zero attached hydrogens (tertiary/aromatic N) is 2. The summed E-state index contributed by atoms with van der Waals surface area (Å²) in [6, 6.07) is 8.06. The fraction of sp³-hybridized carbons (Fsp3) is 0.632. The van der Waals surface area contributed by atoms with Crippen LogP contribution in [0, 0.1) is 6.92 Å². The van der Waals surface area contributed by atoms with E-state index < -0.39 is 0 Å². The molecule has 142 valence electrons. The first-order valence-corrected chi connectivity index (χ1v) is 8.91. The molecular weight excluding hydrogens is 316 g/mol. The zero-order valence-electron chi connectivity index (χ0n) is 16.3. The normalized spacial score (nSPS) is 13.0. The predicted molar refractivity (Wildman–Crippen MR) is 105 cm³/mol. The number of hydrogen-bond acceptors (Lipinski definition) is 4. The average Bonchev–Trinajstić information content (AvgIpc) is 2.60. The van der Waals surface area contributed by atoms with Crippen molar-refractivity contribution in [3.05, 3.63) is 29.8 Å². The van der Waals surface area contributed by atoms with Gasteiger partial charge in [-0.05, 0) is 38.9 Å². The highest BCUT2D eigenvalue weighted by atomic mass is 16.5. The van der Waals surface area contributed by atoms with Crippen LogP contribution >= 0.6 is 0 Å². The van der Waals surface area contributed by atoms with E-state index in [-0.39, 0.29) is 6.10 Å². The van der Waals surface area contributed by atoms with Gasteiger partial charge in [-0.1, -0.05) is 18.2 Å². The van der Waals surface area contributed by atoms with E-state index in [1.165, 1.54) is 0 Å². The number of methoxy groups -OCH3 is 1. The summed E-state index contributed by atoms with van der Waals surface area (Å²) in [7, 11) is 5.64. The van der Waals surface area contributed by atoms with Gasteiger partial charge in [0.2, 0.25) is 0 Å². The van der Waals surface area contributed by atoms with Crippen molar-refractivity contribution >= 4 is 5.96 Å². The number of nitrogens with one attached hydrogen (secondary N) is 2. The van der Waals surface area contributed by atoms with Gasteiger partial charge in [-0.15, -0.1) is 0 Å². The van der Waals surface area contributed by atoms with Crippen LogP contribution in [0.2, 0.25) is 0 Å². The van der Waals surface area contributed by atoms with Crippen molar-refractivity contribution in [2.24, 2.45) is 4.99 Å². The van der Waals surface area contributed by atoms with E-state index in [0.717, 1.165) is 49.9 Å². The Morgan fingerprint density at radius 3 is 2.68 bits per heavy atom. The molecule has 0 saturated heterocycles. The summed E-state index contributed by atoms with van der Waals surface area (Å²) in [5, 5.41) is 6.64. The maximum Gasteiger partial charge on any atom is 0.191 e. The first-order chi connectivity index (χ1) is 12.1. The average molecular weight is 351 g/mol. The van der Waals surface area contributed by atoms with Gasteiger partial charge in [0.15, 0.2) is 5.96 Å². The van der Waals surface area contributed by atoms with Gasteiger partial charge in [-0.3, -0.25) is 4.99 Å². The molecule has 0 aliphatic heterocycles. The van der Waals surface area contributed by atoms with Gasteiger partial charge in [0.1, 0.15) is 11.9 Å². The number of hydrogen-bond donors (Lipinski definition) is 2. The predicted octanol–water partition coefficient (Wildman–Crippen LogP) is 1.90. The molecule has 0 aliphatic rings. The lowest BCUT2D eigenvalue weighted by molar-refractivity contribution is 0.180. The zero-order valence-corrected chi connectivity index (χ0v) is 16.3. The molecule has 25 heavy (non-hydrogen) atoms. The summed E-state index contributed by atoms with van der Waals surface area (Å²) in [4.78, 5) is 6.54. The largest absolute Gasteiger partial charge is 0.489 e. The molecule has 0 heterocycles. The van der Waals surface area contributed by atoms with Crippen molar-refractivity contribution < 1.29 is 9.47 Å². The highest BCUT2D eigenvalue weighted by molar-refractivity contribution is 5.79. The van der Waals surface area contributed by atoms with Crippen LogP contribution in [-0.2, 0) is 4.74 Å². The highest BCUT2D eigenvalue weighted by Gasteiger charge is 2.07. The standard InChI is InChI=1S/C19H34N4O2/c1-16-9-6-7-10-18(16)25-17(2)15-22-19(20-3)21-11-13-23(4)12-8-14-24-5/h6-7,9-10,17H,8,11-15H2,1-5H3,(H2,20,21,22). The summed E-state index contributed by atoms with van der Waals surface area (Å²) in [5.74, 6) is 1.72. The third-order valence-corrected chi connectivity index (χ3v) is 3.88. The third kappa shape index (κ3) is 9.31. The van der Waals surface area contributed by atoms with Crippen LogP contribution in [-0.4, -0.2) is 71.0 Å². The molecule has 0 aromatic heterocycles. The van der Waals surface area contributed by atoms with E-state index in [9.17, 15) is 0 Å². The van der Waals surface area contributed by atoms with Crippen molar-refractivity contribution in [1.29, 1.82) is 0 Å². The van der Waals surface area contributed by atoms with Gasteiger partial charge < -0.3 is 25.0 Å². The third-order valence-electron chi connectivity index (χ3n) is 3.88. The second kappa shape index (κ2) is 12.6. The molecule has 1 atom stereocenters. The van der Waals surface area contributed by atoms with Crippen LogP contribution in [0.4, 0.5) is 0 Å². The van der Waals surface area contributed by atoms with Crippen molar-refractivity contribution in [2.75, 3.05) is 54.0 Å². The minimum atomic E-state index is 0.0522. The Hall–Kier alpha value is -1.79. The minimum absolute atomic E-state index is 0.0522. The number of likely N-dealkylation sites (N-methyl/N-ethyl adjacent to an activating group) is 1. The van der Waals surface area contributed by atoms with Crippen molar-refractivity contribution in [1.82, 2.24) is 15.5 Å². The highest BCUT2D eigenvalue weighted by Crippen LogP contribution is 2.17. The summed E-state index contributed by atoms with van der Waals surface area (Å²) >= 11 is 0. The molecule has 0 bridgehead atoms. The van der Waals surface area contributed by atoms with Crippen molar-refractivity contribution in [2.45, 2.75) is 26.4 Å².